The number of carbonyl (C=O) groups excluding carboxylic acids is 1. The summed E-state index contributed by atoms with van der Waals surface area (Å²) in [5.41, 5.74) is 0. The Balaban J connectivity index is 2.18. The minimum atomic E-state index is 0.0951. The van der Waals surface area contributed by atoms with Crippen molar-refractivity contribution in [1.29, 1.82) is 0 Å². The molecule has 1 aromatic rings. The first-order valence-corrected chi connectivity index (χ1v) is 5.14. The van der Waals surface area contributed by atoms with E-state index in [4.69, 9.17) is 0 Å². The fraction of sp³-hybridized carbons (Fsp3) is 0.444. The van der Waals surface area contributed by atoms with Crippen LogP contribution in [0.25, 0.3) is 0 Å². The zero-order valence-corrected chi connectivity index (χ0v) is 8.49. The average Bonchev–Trinajstić information content (AvgIpc) is 2.57. The molecule has 0 saturated carbocycles. The highest BCUT2D eigenvalue weighted by Crippen LogP contribution is 2.08. The summed E-state index contributed by atoms with van der Waals surface area (Å²) in [6.45, 7) is 1.51. The van der Waals surface area contributed by atoms with Crippen molar-refractivity contribution >= 4 is 17.2 Å². The predicted molar refractivity (Wildman–Crippen MR) is 55.0 cm³/mol. The Morgan fingerprint density at radius 3 is 3.00 bits per heavy atom. The van der Waals surface area contributed by atoms with Gasteiger partial charge in [-0.05, 0) is 18.5 Å². The van der Waals surface area contributed by atoms with Crippen LogP contribution in [0.5, 0.6) is 0 Å². The molecule has 0 spiro atoms. The Bertz CT molecular complexity index is 246. The van der Waals surface area contributed by atoms with Crippen LogP contribution in [0.2, 0.25) is 0 Å². The molecule has 0 radical (unpaired) electrons. The van der Waals surface area contributed by atoms with Gasteiger partial charge in [-0.3, -0.25) is 4.79 Å². The van der Waals surface area contributed by atoms with Gasteiger partial charge in [0, 0.05) is 18.0 Å². The van der Waals surface area contributed by atoms with E-state index in [9.17, 15) is 4.79 Å². The lowest BCUT2D eigenvalue weighted by molar-refractivity contribution is -0.120. The minimum Gasteiger partial charge on any atom is -0.355 e. The van der Waals surface area contributed by atoms with Gasteiger partial charge in [-0.2, -0.15) is 0 Å². The van der Waals surface area contributed by atoms with Gasteiger partial charge >= 0.3 is 0 Å². The summed E-state index contributed by atoms with van der Waals surface area (Å²) >= 11 is 1.61. The molecule has 0 saturated heterocycles. The van der Waals surface area contributed by atoms with E-state index in [0.29, 0.717) is 13.0 Å². The van der Waals surface area contributed by atoms with Crippen molar-refractivity contribution in [1.82, 2.24) is 10.6 Å². The minimum absolute atomic E-state index is 0.0951. The molecule has 1 rings (SSSR count). The molecular weight excluding hydrogens is 184 g/mol. The molecule has 0 aliphatic carbocycles. The van der Waals surface area contributed by atoms with Crippen molar-refractivity contribution in [2.75, 3.05) is 20.1 Å². The van der Waals surface area contributed by atoms with Gasteiger partial charge in [0.2, 0.25) is 5.91 Å². The van der Waals surface area contributed by atoms with Gasteiger partial charge in [-0.25, -0.2) is 0 Å². The van der Waals surface area contributed by atoms with E-state index in [1.807, 2.05) is 24.6 Å². The molecule has 72 valence electrons. The van der Waals surface area contributed by atoms with Crippen molar-refractivity contribution < 1.29 is 4.79 Å². The molecule has 0 atom stereocenters. The fourth-order valence-electron chi connectivity index (χ4n) is 0.961. The molecule has 0 aliphatic rings. The maximum atomic E-state index is 11.3. The van der Waals surface area contributed by atoms with E-state index in [-0.39, 0.29) is 5.91 Å². The van der Waals surface area contributed by atoms with Crippen molar-refractivity contribution in [3.05, 3.63) is 22.4 Å². The molecule has 1 aromatic heterocycles. The van der Waals surface area contributed by atoms with Gasteiger partial charge in [0.1, 0.15) is 0 Å². The number of hydrogen-bond acceptors (Lipinski definition) is 3. The van der Waals surface area contributed by atoms with Crippen LogP contribution in [0.3, 0.4) is 0 Å². The fourth-order valence-corrected chi connectivity index (χ4v) is 1.66. The number of hydrogen-bond donors (Lipinski definition) is 2. The highest BCUT2D eigenvalue weighted by Gasteiger charge is 2.02. The first-order chi connectivity index (χ1) is 6.33. The lowest BCUT2D eigenvalue weighted by atomic mass is 10.3. The highest BCUT2D eigenvalue weighted by molar-refractivity contribution is 7.10. The average molecular weight is 198 g/mol. The number of thiophene rings is 1. The molecule has 4 heteroatoms. The van der Waals surface area contributed by atoms with Crippen molar-refractivity contribution in [3.8, 4) is 0 Å². The first-order valence-electron chi connectivity index (χ1n) is 4.26. The monoisotopic (exact) mass is 198 g/mol. The predicted octanol–water partition coefficient (Wildman–Crippen LogP) is 0.626. The van der Waals surface area contributed by atoms with Gasteiger partial charge in [-0.15, -0.1) is 11.3 Å². The Morgan fingerprint density at radius 2 is 2.38 bits per heavy atom. The molecule has 1 heterocycles. The summed E-state index contributed by atoms with van der Waals surface area (Å²) in [5.74, 6) is 0.0951. The van der Waals surface area contributed by atoms with Crippen LogP contribution in [0.4, 0.5) is 0 Å². The highest BCUT2D eigenvalue weighted by atomic mass is 32.1. The van der Waals surface area contributed by atoms with E-state index in [1.165, 1.54) is 0 Å². The summed E-state index contributed by atoms with van der Waals surface area (Å²) in [7, 11) is 1.87. The second-order valence-electron chi connectivity index (χ2n) is 2.71. The topological polar surface area (TPSA) is 41.1 Å². The molecule has 1 amide bonds. The largest absolute Gasteiger partial charge is 0.355 e. The zero-order valence-electron chi connectivity index (χ0n) is 7.67. The van der Waals surface area contributed by atoms with Crippen LogP contribution in [-0.4, -0.2) is 26.0 Å². The molecule has 0 unspecified atom stereocenters. The number of nitrogens with one attached hydrogen (secondary N) is 2. The smallest absolute Gasteiger partial charge is 0.225 e. The van der Waals surface area contributed by atoms with Crippen LogP contribution in [0, 0.1) is 0 Å². The molecule has 0 bridgehead atoms. The van der Waals surface area contributed by atoms with E-state index in [2.05, 4.69) is 10.6 Å². The summed E-state index contributed by atoms with van der Waals surface area (Å²) in [5, 5.41) is 7.78. The normalized spacial score (nSPS) is 9.92. The summed E-state index contributed by atoms with van der Waals surface area (Å²) < 4.78 is 0. The molecule has 2 N–H and O–H groups in total. The number of amides is 1. The standard InChI is InChI=1S/C9H14N2OS/c1-10-4-5-11-9(12)7-8-3-2-6-13-8/h2-3,6,10H,4-5,7H2,1H3,(H,11,12). The van der Waals surface area contributed by atoms with Gasteiger partial charge < -0.3 is 10.6 Å². The maximum Gasteiger partial charge on any atom is 0.225 e. The lowest BCUT2D eigenvalue weighted by Gasteiger charge is -2.02. The quantitative estimate of drug-likeness (QED) is 0.681. The Labute approximate surface area is 82.2 Å². The second-order valence-corrected chi connectivity index (χ2v) is 3.74. The van der Waals surface area contributed by atoms with Gasteiger partial charge in [0.05, 0.1) is 6.42 Å². The van der Waals surface area contributed by atoms with Crippen molar-refractivity contribution in [2.24, 2.45) is 0 Å². The van der Waals surface area contributed by atoms with Crippen LogP contribution in [0.1, 0.15) is 4.88 Å². The van der Waals surface area contributed by atoms with Crippen LogP contribution >= 0.6 is 11.3 Å². The van der Waals surface area contributed by atoms with E-state index in [0.717, 1.165) is 11.4 Å². The maximum absolute atomic E-state index is 11.3. The van der Waals surface area contributed by atoms with Gasteiger partial charge in [-0.1, -0.05) is 6.07 Å². The third kappa shape index (κ3) is 4.05. The third-order valence-corrected chi connectivity index (χ3v) is 2.49. The molecule has 0 aromatic carbocycles. The number of rotatable bonds is 5. The number of carbonyl (C=O) groups is 1. The van der Waals surface area contributed by atoms with E-state index < -0.39 is 0 Å². The summed E-state index contributed by atoms with van der Waals surface area (Å²) in [6.07, 6.45) is 0.501. The third-order valence-electron chi connectivity index (χ3n) is 1.61. The van der Waals surface area contributed by atoms with Crippen molar-refractivity contribution in [3.63, 3.8) is 0 Å². The number of likely N-dealkylation sites (N-methyl/N-ethyl adjacent to an activating group) is 1. The Kier molecular flexibility index (Phi) is 4.49. The summed E-state index contributed by atoms with van der Waals surface area (Å²) in [4.78, 5) is 12.4. The second kappa shape index (κ2) is 5.72. The van der Waals surface area contributed by atoms with Crippen LogP contribution in [-0.2, 0) is 11.2 Å². The Hall–Kier alpha value is -0.870. The summed E-state index contributed by atoms with van der Waals surface area (Å²) in [6, 6.07) is 3.93. The molecule has 0 fully saturated rings. The van der Waals surface area contributed by atoms with Crippen molar-refractivity contribution in [2.45, 2.75) is 6.42 Å². The molecular formula is C9H14N2OS. The van der Waals surface area contributed by atoms with E-state index in [1.54, 1.807) is 11.3 Å². The van der Waals surface area contributed by atoms with E-state index >= 15 is 0 Å². The molecule has 3 nitrogen and oxygen atoms in total. The van der Waals surface area contributed by atoms with Crippen LogP contribution in [0.15, 0.2) is 17.5 Å². The SMILES string of the molecule is CNCCNC(=O)Cc1cccs1. The Morgan fingerprint density at radius 1 is 1.54 bits per heavy atom. The van der Waals surface area contributed by atoms with Gasteiger partial charge in [0.25, 0.3) is 0 Å². The molecule has 13 heavy (non-hydrogen) atoms. The van der Waals surface area contributed by atoms with Gasteiger partial charge in [0.15, 0.2) is 0 Å². The zero-order chi connectivity index (χ0) is 9.52. The molecule has 0 aliphatic heterocycles. The lowest BCUT2D eigenvalue weighted by Crippen LogP contribution is -2.31. The van der Waals surface area contributed by atoms with Crippen LogP contribution < -0.4 is 10.6 Å². The first kappa shape index (κ1) is 10.2.